The molecule has 0 bridgehead atoms. The lowest BCUT2D eigenvalue weighted by Gasteiger charge is -2.07. The number of rotatable bonds is 2. The lowest BCUT2D eigenvalue weighted by atomic mass is 10.1. The van der Waals surface area contributed by atoms with Crippen molar-refractivity contribution in [3.05, 3.63) is 64.8 Å². The van der Waals surface area contributed by atoms with Crippen LogP contribution in [0.3, 0.4) is 0 Å². The average molecular weight is 336 g/mol. The Morgan fingerprint density at radius 2 is 1.62 bits per heavy atom. The lowest BCUT2D eigenvalue weighted by molar-refractivity contribution is 0.631. The molecule has 2 heterocycles. The van der Waals surface area contributed by atoms with Crippen molar-refractivity contribution in [2.24, 2.45) is 0 Å². The Labute approximate surface area is 141 Å². The van der Waals surface area contributed by atoms with E-state index in [4.69, 9.17) is 22.1 Å². The van der Waals surface area contributed by atoms with Crippen LogP contribution >= 0.6 is 11.6 Å². The van der Waals surface area contributed by atoms with Crippen molar-refractivity contribution in [2.75, 3.05) is 0 Å². The van der Waals surface area contributed by atoms with Crippen molar-refractivity contribution >= 4 is 11.6 Å². The molecule has 0 saturated carbocycles. The molecule has 0 amide bonds. The summed E-state index contributed by atoms with van der Waals surface area (Å²) < 4.78 is 14.3. The molecule has 0 unspecified atom stereocenters. The summed E-state index contributed by atoms with van der Waals surface area (Å²) >= 11 is 5.83. The molecule has 0 N–H and O–H groups in total. The third-order valence-electron chi connectivity index (χ3n) is 3.26. The molecule has 0 atom stereocenters. The number of pyridine rings is 1. The smallest absolute Gasteiger partial charge is 0.151 e. The Morgan fingerprint density at radius 1 is 0.875 bits per heavy atom. The quantitative estimate of drug-likeness (QED) is 0.712. The fraction of sp³-hybridized carbons (Fsp3) is 0. The van der Waals surface area contributed by atoms with Crippen molar-refractivity contribution in [3.63, 3.8) is 0 Å². The molecular weight excluding hydrogens is 329 g/mol. The number of nitrogens with zero attached hydrogens (tertiary/aromatic N) is 5. The minimum Gasteiger partial charge on any atom is -0.253 e. The molecular formula is C17H7ClFN5. The van der Waals surface area contributed by atoms with Gasteiger partial charge in [-0.2, -0.15) is 10.5 Å². The van der Waals surface area contributed by atoms with Crippen molar-refractivity contribution < 1.29 is 4.39 Å². The second kappa shape index (κ2) is 6.41. The van der Waals surface area contributed by atoms with Gasteiger partial charge in [0.05, 0.1) is 39.3 Å². The summed E-state index contributed by atoms with van der Waals surface area (Å²) in [5.74, 6) is -0.659. The minimum absolute atomic E-state index is 0.108. The van der Waals surface area contributed by atoms with E-state index in [2.05, 4.69) is 15.0 Å². The number of hydrogen-bond donors (Lipinski definition) is 0. The van der Waals surface area contributed by atoms with Gasteiger partial charge in [0, 0.05) is 11.8 Å². The Balaban J connectivity index is 2.10. The van der Waals surface area contributed by atoms with Crippen LogP contribution < -0.4 is 0 Å². The average Bonchev–Trinajstić information content (AvgIpc) is 2.64. The molecule has 3 rings (SSSR count). The summed E-state index contributed by atoms with van der Waals surface area (Å²) in [7, 11) is 0. The molecule has 3 aromatic rings. The molecule has 0 fully saturated rings. The van der Waals surface area contributed by atoms with E-state index >= 15 is 0 Å². The molecule has 5 nitrogen and oxygen atoms in total. The predicted octanol–water partition coefficient (Wildman–Crippen LogP) is 3.74. The number of nitriles is 2. The topological polar surface area (TPSA) is 86.2 Å². The fourth-order valence-corrected chi connectivity index (χ4v) is 2.32. The largest absolute Gasteiger partial charge is 0.253 e. The van der Waals surface area contributed by atoms with Gasteiger partial charge in [-0.15, -0.1) is 0 Å². The number of halogens is 2. The zero-order chi connectivity index (χ0) is 17.1. The Bertz CT molecular complexity index is 1000. The maximum atomic E-state index is 14.3. The molecule has 0 spiro atoms. The molecule has 2 aromatic heterocycles. The van der Waals surface area contributed by atoms with Crippen LogP contribution in [0.25, 0.3) is 22.6 Å². The van der Waals surface area contributed by atoms with Crippen LogP contribution in [-0.2, 0) is 0 Å². The van der Waals surface area contributed by atoms with E-state index in [1.54, 1.807) is 18.2 Å². The van der Waals surface area contributed by atoms with Gasteiger partial charge in [-0.1, -0.05) is 11.6 Å². The van der Waals surface area contributed by atoms with Crippen molar-refractivity contribution in [1.82, 2.24) is 15.0 Å². The molecule has 0 aliphatic carbocycles. The highest BCUT2D eigenvalue weighted by molar-refractivity contribution is 6.31. The van der Waals surface area contributed by atoms with Crippen molar-refractivity contribution in [2.45, 2.75) is 0 Å². The van der Waals surface area contributed by atoms with Crippen LogP contribution in [-0.4, -0.2) is 15.0 Å². The predicted molar refractivity (Wildman–Crippen MR) is 85.1 cm³/mol. The normalized spacial score (nSPS) is 10.0. The van der Waals surface area contributed by atoms with Crippen LogP contribution in [0, 0.1) is 28.5 Å². The number of aromatic nitrogens is 3. The fourth-order valence-electron chi connectivity index (χ4n) is 2.10. The van der Waals surface area contributed by atoms with E-state index in [0.717, 1.165) is 0 Å². The van der Waals surface area contributed by atoms with Crippen LogP contribution in [0.4, 0.5) is 4.39 Å². The molecule has 0 aliphatic rings. The summed E-state index contributed by atoms with van der Waals surface area (Å²) in [6.07, 6.45) is 2.70. The first-order chi connectivity index (χ1) is 11.6. The van der Waals surface area contributed by atoms with Crippen molar-refractivity contribution in [3.8, 4) is 34.8 Å². The molecule has 24 heavy (non-hydrogen) atoms. The highest BCUT2D eigenvalue weighted by atomic mass is 35.5. The van der Waals surface area contributed by atoms with E-state index in [9.17, 15) is 4.39 Å². The van der Waals surface area contributed by atoms with Gasteiger partial charge in [0.25, 0.3) is 0 Å². The van der Waals surface area contributed by atoms with E-state index in [1.165, 1.54) is 24.7 Å². The van der Waals surface area contributed by atoms with Gasteiger partial charge in [-0.3, -0.25) is 4.98 Å². The Morgan fingerprint density at radius 3 is 2.29 bits per heavy atom. The standard InChI is InChI=1S/C17H7ClFN5/c18-13-4-11(7-21)3-12(17(13)19)15-5-16(24-9-23-15)14-2-1-10(6-20)8-22-14/h1-5,8-9H. The summed E-state index contributed by atoms with van der Waals surface area (Å²) in [5.41, 5.74) is 2.02. The second-order valence-corrected chi connectivity index (χ2v) is 5.17. The van der Waals surface area contributed by atoms with E-state index in [0.29, 0.717) is 17.0 Å². The monoisotopic (exact) mass is 335 g/mol. The number of benzene rings is 1. The van der Waals surface area contributed by atoms with Crippen LogP contribution in [0.1, 0.15) is 11.1 Å². The highest BCUT2D eigenvalue weighted by Gasteiger charge is 2.14. The molecule has 114 valence electrons. The molecule has 0 aliphatic heterocycles. The summed E-state index contributed by atoms with van der Waals surface area (Å²) in [6, 6.07) is 11.3. The first-order valence-corrected chi connectivity index (χ1v) is 7.08. The third kappa shape index (κ3) is 2.91. The third-order valence-corrected chi connectivity index (χ3v) is 3.53. The first-order valence-electron chi connectivity index (χ1n) is 6.70. The Hall–Kier alpha value is -3.35. The molecule has 0 saturated heterocycles. The van der Waals surface area contributed by atoms with Gasteiger partial charge in [0.1, 0.15) is 12.4 Å². The molecule has 7 heteroatoms. The minimum atomic E-state index is -0.659. The van der Waals surface area contributed by atoms with Gasteiger partial charge in [0.15, 0.2) is 5.82 Å². The second-order valence-electron chi connectivity index (χ2n) is 4.76. The zero-order valence-electron chi connectivity index (χ0n) is 12.0. The van der Waals surface area contributed by atoms with Gasteiger partial charge in [0.2, 0.25) is 0 Å². The van der Waals surface area contributed by atoms with E-state index in [1.807, 2.05) is 12.1 Å². The van der Waals surface area contributed by atoms with E-state index in [-0.39, 0.29) is 21.8 Å². The SMILES string of the molecule is N#Cc1ccc(-c2cc(-c3cc(C#N)cc(Cl)c3F)ncn2)nc1. The van der Waals surface area contributed by atoms with Gasteiger partial charge in [-0.05, 0) is 30.3 Å². The zero-order valence-corrected chi connectivity index (χ0v) is 12.8. The van der Waals surface area contributed by atoms with Gasteiger partial charge >= 0.3 is 0 Å². The summed E-state index contributed by atoms with van der Waals surface area (Å²) in [6.45, 7) is 0. The summed E-state index contributed by atoms with van der Waals surface area (Å²) in [5, 5.41) is 17.7. The van der Waals surface area contributed by atoms with Gasteiger partial charge in [-0.25, -0.2) is 14.4 Å². The highest BCUT2D eigenvalue weighted by Crippen LogP contribution is 2.29. The summed E-state index contributed by atoms with van der Waals surface area (Å²) in [4.78, 5) is 12.3. The maximum Gasteiger partial charge on any atom is 0.151 e. The molecule has 1 aromatic carbocycles. The van der Waals surface area contributed by atoms with Crippen molar-refractivity contribution in [1.29, 1.82) is 10.5 Å². The van der Waals surface area contributed by atoms with Crippen LogP contribution in [0.2, 0.25) is 5.02 Å². The number of hydrogen-bond acceptors (Lipinski definition) is 5. The van der Waals surface area contributed by atoms with Gasteiger partial charge < -0.3 is 0 Å². The first kappa shape index (κ1) is 15.5. The maximum absolute atomic E-state index is 14.3. The lowest BCUT2D eigenvalue weighted by Crippen LogP contribution is -1.95. The van der Waals surface area contributed by atoms with E-state index < -0.39 is 5.82 Å². The Kier molecular flexibility index (Phi) is 4.15. The van der Waals surface area contributed by atoms with Crippen LogP contribution in [0.5, 0.6) is 0 Å². The van der Waals surface area contributed by atoms with Crippen LogP contribution in [0.15, 0.2) is 42.9 Å². The molecule has 0 radical (unpaired) electrons.